The Morgan fingerprint density at radius 1 is 1.16 bits per heavy atom. The number of hydrogen-bond acceptors (Lipinski definition) is 4. The lowest BCUT2D eigenvalue weighted by molar-refractivity contribution is 0.410. The number of hydrogen-bond donors (Lipinski definition) is 2. The standard InChI is InChI=1S/C12H20BNO4S/c1-3-8-14(9-4-2)19(17,18)12-7-5-6-11(10-12)13(15)16/h5-7,10,15-16H,3-4,8-9H2,1-2H3. The van der Waals surface area contributed by atoms with Crippen molar-refractivity contribution in [3.8, 4) is 0 Å². The molecular formula is C12H20BNO4S. The zero-order chi connectivity index (χ0) is 14.5. The van der Waals surface area contributed by atoms with Crippen LogP contribution in [-0.4, -0.2) is 43.0 Å². The summed E-state index contributed by atoms with van der Waals surface area (Å²) in [5, 5.41) is 18.2. The summed E-state index contributed by atoms with van der Waals surface area (Å²) in [7, 11) is -5.24. The average molecular weight is 285 g/mol. The van der Waals surface area contributed by atoms with Crippen LogP contribution >= 0.6 is 0 Å². The Labute approximate surface area is 115 Å². The highest BCUT2D eigenvalue weighted by molar-refractivity contribution is 7.89. The van der Waals surface area contributed by atoms with E-state index in [2.05, 4.69) is 0 Å². The topological polar surface area (TPSA) is 77.8 Å². The molecule has 106 valence electrons. The van der Waals surface area contributed by atoms with Crippen molar-refractivity contribution in [2.24, 2.45) is 0 Å². The van der Waals surface area contributed by atoms with E-state index in [0.29, 0.717) is 13.1 Å². The summed E-state index contributed by atoms with van der Waals surface area (Å²) in [6, 6.07) is 5.77. The molecule has 0 aliphatic heterocycles. The lowest BCUT2D eigenvalue weighted by Crippen LogP contribution is -2.35. The van der Waals surface area contributed by atoms with Crippen LogP contribution in [0.15, 0.2) is 29.2 Å². The van der Waals surface area contributed by atoms with Crippen LogP contribution in [0.1, 0.15) is 26.7 Å². The Morgan fingerprint density at radius 2 is 1.74 bits per heavy atom. The fourth-order valence-corrected chi connectivity index (χ4v) is 3.52. The van der Waals surface area contributed by atoms with Gasteiger partial charge in [0.2, 0.25) is 10.0 Å². The number of sulfonamides is 1. The van der Waals surface area contributed by atoms with Gasteiger partial charge in [-0.25, -0.2) is 8.42 Å². The average Bonchev–Trinajstić information content (AvgIpc) is 2.38. The van der Waals surface area contributed by atoms with E-state index in [1.165, 1.54) is 28.6 Å². The molecule has 0 saturated carbocycles. The molecule has 1 rings (SSSR count). The molecule has 2 N–H and O–H groups in total. The first-order valence-corrected chi connectivity index (χ1v) is 7.83. The number of nitrogens with zero attached hydrogens (tertiary/aromatic N) is 1. The largest absolute Gasteiger partial charge is 0.488 e. The van der Waals surface area contributed by atoms with Crippen molar-refractivity contribution in [1.82, 2.24) is 4.31 Å². The Hall–Kier alpha value is -0.885. The molecule has 1 aromatic rings. The van der Waals surface area contributed by atoms with Crippen molar-refractivity contribution in [2.45, 2.75) is 31.6 Å². The van der Waals surface area contributed by atoms with E-state index in [4.69, 9.17) is 10.0 Å². The van der Waals surface area contributed by atoms with Gasteiger partial charge in [0.1, 0.15) is 0 Å². The zero-order valence-corrected chi connectivity index (χ0v) is 12.1. The Bertz CT molecular complexity index is 498. The minimum absolute atomic E-state index is 0.0972. The highest BCUT2D eigenvalue weighted by atomic mass is 32.2. The predicted molar refractivity (Wildman–Crippen MR) is 75.6 cm³/mol. The molecule has 0 aliphatic carbocycles. The first kappa shape index (κ1) is 16.2. The molecule has 0 saturated heterocycles. The van der Waals surface area contributed by atoms with Gasteiger partial charge < -0.3 is 10.0 Å². The van der Waals surface area contributed by atoms with Gasteiger partial charge in [-0.2, -0.15) is 4.31 Å². The van der Waals surface area contributed by atoms with Gasteiger partial charge in [-0.05, 0) is 30.4 Å². The van der Waals surface area contributed by atoms with Crippen LogP contribution in [0.3, 0.4) is 0 Å². The first-order chi connectivity index (χ1) is 8.93. The van der Waals surface area contributed by atoms with Gasteiger partial charge >= 0.3 is 7.12 Å². The molecule has 0 heterocycles. The Kier molecular flexibility index (Phi) is 6.00. The van der Waals surface area contributed by atoms with E-state index in [1.807, 2.05) is 13.8 Å². The highest BCUT2D eigenvalue weighted by Gasteiger charge is 2.24. The van der Waals surface area contributed by atoms with E-state index >= 15 is 0 Å². The summed E-state index contributed by atoms with van der Waals surface area (Å²) in [6.07, 6.45) is 1.48. The van der Waals surface area contributed by atoms with Crippen LogP contribution in [0.4, 0.5) is 0 Å². The fourth-order valence-electron chi connectivity index (χ4n) is 1.84. The molecule has 0 fully saturated rings. The third kappa shape index (κ3) is 4.04. The van der Waals surface area contributed by atoms with Crippen LogP contribution in [0.2, 0.25) is 0 Å². The van der Waals surface area contributed by atoms with Crippen LogP contribution < -0.4 is 5.46 Å². The van der Waals surface area contributed by atoms with Crippen LogP contribution in [-0.2, 0) is 10.0 Å². The summed E-state index contributed by atoms with van der Waals surface area (Å²) in [5.41, 5.74) is 0.175. The van der Waals surface area contributed by atoms with Crippen molar-refractivity contribution in [1.29, 1.82) is 0 Å². The van der Waals surface area contributed by atoms with Crippen LogP contribution in [0.25, 0.3) is 0 Å². The minimum atomic E-state index is -3.57. The third-order valence-corrected chi connectivity index (χ3v) is 4.63. The lowest BCUT2D eigenvalue weighted by atomic mass is 9.80. The predicted octanol–water partition coefficient (Wildman–Crippen LogP) is 0.177. The summed E-state index contributed by atoms with van der Waals surface area (Å²) >= 11 is 0. The molecule has 0 bridgehead atoms. The van der Waals surface area contributed by atoms with E-state index in [0.717, 1.165) is 12.8 Å². The molecule has 0 radical (unpaired) electrons. The van der Waals surface area contributed by atoms with Gasteiger partial charge in [-0.3, -0.25) is 0 Å². The van der Waals surface area contributed by atoms with Gasteiger partial charge in [0.15, 0.2) is 0 Å². The van der Waals surface area contributed by atoms with Gasteiger partial charge in [-0.1, -0.05) is 26.0 Å². The normalized spacial score (nSPS) is 11.8. The van der Waals surface area contributed by atoms with Crippen molar-refractivity contribution in [3.05, 3.63) is 24.3 Å². The molecule has 19 heavy (non-hydrogen) atoms. The molecule has 1 aromatic carbocycles. The van der Waals surface area contributed by atoms with Gasteiger partial charge in [0, 0.05) is 13.1 Å². The third-order valence-electron chi connectivity index (χ3n) is 2.74. The van der Waals surface area contributed by atoms with Crippen LogP contribution in [0.5, 0.6) is 0 Å². The van der Waals surface area contributed by atoms with Crippen molar-refractivity contribution >= 4 is 22.6 Å². The molecular weight excluding hydrogens is 265 g/mol. The summed E-state index contributed by atoms with van der Waals surface area (Å²) in [5.74, 6) is 0. The Morgan fingerprint density at radius 3 is 2.21 bits per heavy atom. The molecule has 0 aliphatic rings. The fraction of sp³-hybridized carbons (Fsp3) is 0.500. The quantitative estimate of drug-likeness (QED) is 0.700. The first-order valence-electron chi connectivity index (χ1n) is 6.39. The van der Waals surface area contributed by atoms with E-state index in [-0.39, 0.29) is 10.4 Å². The SMILES string of the molecule is CCCN(CCC)S(=O)(=O)c1cccc(B(O)O)c1. The number of rotatable bonds is 7. The summed E-state index contributed by atoms with van der Waals surface area (Å²) in [4.78, 5) is 0.0972. The van der Waals surface area contributed by atoms with Gasteiger partial charge in [-0.15, -0.1) is 0 Å². The van der Waals surface area contributed by atoms with Gasteiger partial charge in [0.05, 0.1) is 4.90 Å². The monoisotopic (exact) mass is 285 g/mol. The second-order valence-electron chi connectivity index (χ2n) is 4.35. The molecule has 0 aromatic heterocycles. The molecule has 5 nitrogen and oxygen atoms in total. The molecule has 7 heteroatoms. The molecule has 0 atom stereocenters. The van der Waals surface area contributed by atoms with E-state index in [9.17, 15) is 8.42 Å². The van der Waals surface area contributed by atoms with Crippen LogP contribution in [0, 0.1) is 0 Å². The zero-order valence-electron chi connectivity index (χ0n) is 11.3. The maximum Gasteiger partial charge on any atom is 0.488 e. The number of benzene rings is 1. The molecule has 0 amide bonds. The lowest BCUT2D eigenvalue weighted by Gasteiger charge is -2.21. The maximum absolute atomic E-state index is 12.4. The summed E-state index contributed by atoms with van der Waals surface area (Å²) in [6.45, 7) is 4.77. The second-order valence-corrected chi connectivity index (χ2v) is 6.29. The van der Waals surface area contributed by atoms with Gasteiger partial charge in [0.25, 0.3) is 0 Å². The highest BCUT2D eigenvalue weighted by Crippen LogP contribution is 2.15. The van der Waals surface area contributed by atoms with E-state index < -0.39 is 17.1 Å². The second kappa shape index (κ2) is 7.05. The minimum Gasteiger partial charge on any atom is -0.423 e. The maximum atomic E-state index is 12.4. The van der Waals surface area contributed by atoms with E-state index in [1.54, 1.807) is 0 Å². The van der Waals surface area contributed by atoms with Crippen molar-refractivity contribution < 1.29 is 18.5 Å². The molecule has 0 spiro atoms. The van der Waals surface area contributed by atoms with Crippen molar-refractivity contribution in [3.63, 3.8) is 0 Å². The molecule has 0 unspecified atom stereocenters. The Balaban J connectivity index is 3.13. The summed E-state index contributed by atoms with van der Waals surface area (Å²) < 4.78 is 26.3. The van der Waals surface area contributed by atoms with Crippen molar-refractivity contribution in [2.75, 3.05) is 13.1 Å². The smallest absolute Gasteiger partial charge is 0.423 e.